The highest BCUT2D eigenvalue weighted by Gasteiger charge is 2.15. The van der Waals surface area contributed by atoms with Gasteiger partial charge in [-0.15, -0.1) is 11.3 Å². The maximum absolute atomic E-state index is 11.7. The molecule has 0 saturated carbocycles. The van der Waals surface area contributed by atoms with Gasteiger partial charge in [-0.1, -0.05) is 0 Å². The average molecular weight is 304 g/mol. The second-order valence-electron chi connectivity index (χ2n) is 3.89. The fraction of sp³-hybridized carbons (Fsp3) is 0.600. The molecule has 88 valence electrons. The highest BCUT2D eigenvalue weighted by atomic mass is 79.9. The van der Waals surface area contributed by atoms with Gasteiger partial charge >= 0.3 is 0 Å². The monoisotopic (exact) mass is 303 g/mol. The number of halogens is 1. The molecule has 1 aromatic heterocycles. The van der Waals surface area contributed by atoms with Crippen molar-refractivity contribution in [2.24, 2.45) is 5.92 Å². The van der Waals surface area contributed by atoms with Crippen LogP contribution in [0.3, 0.4) is 0 Å². The van der Waals surface area contributed by atoms with Crippen molar-refractivity contribution in [3.05, 3.63) is 15.0 Å². The number of nitrogens with zero attached hydrogens (tertiary/aromatic N) is 1. The summed E-state index contributed by atoms with van der Waals surface area (Å²) in [7, 11) is 0. The van der Waals surface area contributed by atoms with Crippen molar-refractivity contribution in [2.45, 2.75) is 12.8 Å². The first-order valence-electron chi connectivity index (χ1n) is 5.36. The zero-order valence-corrected chi connectivity index (χ0v) is 11.2. The Bertz CT molecular complexity index is 363. The zero-order valence-electron chi connectivity index (χ0n) is 8.83. The van der Waals surface area contributed by atoms with Crippen molar-refractivity contribution >= 4 is 33.2 Å². The van der Waals surface area contributed by atoms with Crippen LogP contribution in [0.25, 0.3) is 0 Å². The van der Waals surface area contributed by atoms with Gasteiger partial charge in [0, 0.05) is 6.54 Å². The first-order valence-corrected chi connectivity index (χ1v) is 6.97. The molecule has 0 radical (unpaired) electrons. The SMILES string of the molecule is O=C(NCC1CCCNC1)c1ncc(Br)s1. The number of rotatable bonds is 3. The molecule has 1 aliphatic rings. The Kier molecular flexibility index (Phi) is 4.31. The van der Waals surface area contributed by atoms with Crippen LogP contribution in [-0.4, -0.2) is 30.5 Å². The molecule has 1 unspecified atom stereocenters. The number of hydrogen-bond acceptors (Lipinski definition) is 4. The largest absolute Gasteiger partial charge is 0.350 e. The predicted molar refractivity (Wildman–Crippen MR) is 67.7 cm³/mol. The van der Waals surface area contributed by atoms with Crippen LogP contribution in [0.15, 0.2) is 9.98 Å². The topological polar surface area (TPSA) is 54.0 Å². The number of thiazole rings is 1. The Balaban J connectivity index is 1.79. The molecule has 1 aromatic rings. The second-order valence-corrected chi connectivity index (χ2v) is 6.30. The maximum Gasteiger partial charge on any atom is 0.280 e. The minimum Gasteiger partial charge on any atom is -0.350 e. The van der Waals surface area contributed by atoms with Gasteiger partial charge in [-0.05, 0) is 47.8 Å². The van der Waals surface area contributed by atoms with Crippen LogP contribution >= 0.6 is 27.3 Å². The highest BCUT2D eigenvalue weighted by molar-refractivity contribution is 9.11. The van der Waals surface area contributed by atoms with Crippen molar-refractivity contribution < 1.29 is 4.79 Å². The van der Waals surface area contributed by atoms with Crippen molar-refractivity contribution in [3.63, 3.8) is 0 Å². The fourth-order valence-electron chi connectivity index (χ4n) is 1.77. The molecule has 6 heteroatoms. The van der Waals surface area contributed by atoms with Crippen LogP contribution in [0.1, 0.15) is 22.6 Å². The minimum absolute atomic E-state index is 0.0683. The van der Waals surface area contributed by atoms with Crippen molar-refractivity contribution in [1.29, 1.82) is 0 Å². The Labute approximate surface area is 107 Å². The van der Waals surface area contributed by atoms with E-state index in [1.807, 2.05) is 0 Å². The number of piperidine rings is 1. The fourth-order valence-corrected chi connectivity index (χ4v) is 2.89. The van der Waals surface area contributed by atoms with Gasteiger partial charge in [0.05, 0.1) is 9.98 Å². The molecule has 1 atom stereocenters. The van der Waals surface area contributed by atoms with Crippen molar-refractivity contribution in [3.8, 4) is 0 Å². The quantitative estimate of drug-likeness (QED) is 0.892. The summed E-state index contributed by atoms with van der Waals surface area (Å²) >= 11 is 4.65. The summed E-state index contributed by atoms with van der Waals surface area (Å²) in [5.41, 5.74) is 0. The minimum atomic E-state index is -0.0683. The molecule has 4 nitrogen and oxygen atoms in total. The van der Waals surface area contributed by atoms with E-state index >= 15 is 0 Å². The van der Waals surface area contributed by atoms with Gasteiger partial charge in [0.2, 0.25) is 0 Å². The molecular weight excluding hydrogens is 290 g/mol. The average Bonchev–Trinajstić information content (AvgIpc) is 2.74. The molecule has 0 bridgehead atoms. The summed E-state index contributed by atoms with van der Waals surface area (Å²) in [5, 5.41) is 6.78. The summed E-state index contributed by atoms with van der Waals surface area (Å²) in [6, 6.07) is 0. The molecule has 0 aliphatic carbocycles. The standard InChI is InChI=1S/C10H14BrN3OS/c11-8-6-14-10(16-8)9(15)13-5-7-2-1-3-12-4-7/h6-7,12H,1-5H2,(H,13,15). The van der Waals surface area contributed by atoms with Crippen molar-refractivity contribution in [2.75, 3.05) is 19.6 Å². The van der Waals surface area contributed by atoms with E-state index in [4.69, 9.17) is 0 Å². The molecule has 2 heterocycles. The van der Waals surface area contributed by atoms with Gasteiger partial charge in [0.25, 0.3) is 5.91 Å². The van der Waals surface area contributed by atoms with Crippen LogP contribution in [-0.2, 0) is 0 Å². The number of hydrogen-bond donors (Lipinski definition) is 2. The van der Waals surface area contributed by atoms with E-state index in [1.54, 1.807) is 6.20 Å². The summed E-state index contributed by atoms with van der Waals surface area (Å²) in [6.45, 7) is 2.84. The number of amides is 1. The van der Waals surface area contributed by atoms with Crippen LogP contribution in [0.5, 0.6) is 0 Å². The van der Waals surface area contributed by atoms with E-state index in [1.165, 1.54) is 24.2 Å². The third-order valence-electron chi connectivity index (χ3n) is 2.62. The second kappa shape index (κ2) is 5.75. The lowest BCUT2D eigenvalue weighted by Gasteiger charge is -2.22. The molecule has 1 aliphatic heterocycles. The summed E-state index contributed by atoms with van der Waals surface area (Å²) in [4.78, 5) is 15.7. The zero-order chi connectivity index (χ0) is 11.4. The molecule has 2 N–H and O–H groups in total. The summed E-state index contributed by atoms with van der Waals surface area (Å²) < 4.78 is 0.886. The molecule has 0 spiro atoms. The van der Waals surface area contributed by atoms with Crippen molar-refractivity contribution in [1.82, 2.24) is 15.6 Å². The summed E-state index contributed by atoms with van der Waals surface area (Å²) in [6.07, 6.45) is 4.04. The highest BCUT2D eigenvalue weighted by Crippen LogP contribution is 2.18. The Morgan fingerprint density at radius 3 is 3.25 bits per heavy atom. The third-order valence-corrected chi connectivity index (χ3v) is 4.10. The molecule has 1 amide bonds. The number of aromatic nitrogens is 1. The lowest BCUT2D eigenvalue weighted by molar-refractivity contribution is 0.0944. The molecule has 1 saturated heterocycles. The van der Waals surface area contributed by atoms with Gasteiger partial charge in [-0.25, -0.2) is 4.98 Å². The molecule has 2 rings (SSSR count). The normalized spacial score (nSPS) is 20.7. The van der Waals surface area contributed by atoms with Crippen LogP contribution in [0.2, 0.25) is 0 Å². The Morgan fingerprint density at radius 2 is 2.62 bits per heavy atom. The van der Waals surface area contributed by atoms with E-state index in [2.05, 4.69) is 31.5 Å². The molecule has 0 aromatic carbocycles. The molecule has 16 heavy (non-hydrogen) atoms. The number of nitrogens with one attached hydrogen (secondary N) is 2. The van der Waals surface area contributed by atoms with Gasteiger partial charge in [0.1, 0.15) is 0 Å². The van der Waals surface area contributed by atoms with Gasteiger partial charge in [-0.3, -0.25) is 4.79 Å². The van der Waals surface area contributed by atoms with Gasteiger partial charge in [-0.2, -0.15) is 0 Å². The molecule has 1 fully saturated rings. The van der Waals surface area contributed by atoms with Gasteiger partial charge < -0.3 is 10.6 Å². The first kappa shape index (κ1) is 12.0. The Morgan fingerprint density at radius 1 is 1.75 bits per heavy atom. The van der Waals surface area contributed by atoms with Crippen LogP contribution in [0, 0.1) is 5.92 Å². The number of carbonyl (C=O) groups excluding carboxylic acids is 1. The van der Waals surface area contributed by atoms with Gasteiger partial charge in [0.15, 0.2) is 5.01 Å². The summed E-state index contributed by atoms with van der Waals surface area (Å²) in [5.74, 6) is 0.488. The lowest BCUT2D eigenvalue weighted by Crippen LogP contribution is -2.38. The van der Waals surface area contributed by atoms with E-state index in [0.29, 0.717) is 10.9 Å². The molecular formula is C10H14BrN3OS. The number of carbonyl (C=O) groups is 1. The maximum atomic E-state index is 11.7. The van der Waals surface area contributed by atoms with E-state index in [0.717, 1.165) is 23.4 Å². The lowest BCUT2D eigenvalue weighted by atomic mass is 10.00. The smallest absolute Gasteiger partial charge is 0.280 e. The van der Waals surface area contributed by atoms with E-state index < -0.39 is 0 Å². The van der Waals surface area contributed by atoms with Crippen LogP contribution < -0.4 is 10.6 Å². The van der Waals surface area contributed by atoms with Crippen LogP contribution in [0.4, 0.5) is 0 Å². The first-order chi connectivity index (χ1) is 7.75. The predicted octanol–water partition coefficient (Wildman–Crippen LogP) is 1.63. The Hall–Kier alpha value is -0.460. The van der Waals surface area contributed by atoms with E-state index in [-0.39, 0.29) is 5.91 Å². The van der Waals surface area contributed by atoms with E-state index in [9.17, 15) is 4.79 Å². The third kappa shape index (κ3) is 3.26.